The van der Waals surface area contributed by atoms with Gasteiger partial charge in [0.2, 0.25) is 0 Å². The molecule has 0 fully saturated rings. The van der Waals surface area contributed by atoms with Gasteiger partial charge in [-0.2, -0.15) is 5.10 Å². The fourth-order valence-corrected chi connectivity index (χ4v) is 2.06. The minimum Gasteiger partial charge on any atom is -0.281 e. The van der Waals surface area contributed by atoms with E-state index in [-0.39, 0.29) is 10.8 Å². The van der Waals surface area contributed by atoms with E-state index in [4.69, 9.17) is 0 Å². The van der Waals surface area contributed by atoms with Gasteiger partial charge in [-0.1, -0.05) is 41.5 Å². The number of aromatic amines is 1. The summed E-state index contributed by atoms with van der Waals surface area (Å²) >= 11 is 0. The van der Waals surface area contributed by atoms with Crippen molar-refractivity contribution in [2.75, 3.05) is 0 Å². The highest BCUT2D eigenvalue weighted by Gasteiger charge is 2.25. The van der Waals surface area contributed by atoms with Crippen molar-refractivity contribution in [1.82, 2.24) is 15.2 Å². The molecule has 0 aliphatic rings. The molecule has 2 aromatic heterocycles. The smallest absolute Gasteiger partial charge is 0.114 e. The van der Waals surface area contributed by atoms with Gasteiger partial charge in [0.25, 0.3) is 0 Å². The van der Waals surface area contributed by atoms with Gasteiger partial charge in [0.05, 0.1) is 5.69 Å². The van der Waals surface area contributed by atoms with Crippen LogP contribution in [0.4, 0.5) is 0 Å². The zero-order valence-corrected chi connectivity index (χ0v) is 11.5. The molecular weight excluding hydrogens is 210 g/mol. The van der Waals surface area contributed by atoms with Gasteiger partial charge in [0, 0.05) is 28.1 Å². The molecule has 3 nitrogen and oxygen atoms in total. The lowest BCUT2D eigenvalue weighted by atomic mass is 9.87. The first-order chi connectivity index (χ1) is 7.71. The zero-order valence-electron chi connectivity index (χ0n) is 11.5. The van der Waals surface area contributed by atoms with Crippen LogP contribution in [0.15, 0.2) is 12.3 Å². The Morgan fingerprint density at radius 2 is 1.65 bits per heavy atom. The van der Waals surface area contributed by atoms with Crippen molar-refractivity contribution in [3.05, 3.63) is 23.7 Å². The maximum absolute atomic E-state index is 4.49. The van der Waals surface area contributed by atoms with Crippen LogP contribution in [0.25, 0.3) is 10.9 Å². The third-order valence-corrected chi connectivity index (χ3v) is 2.93. The van der Waals surface area contributed by atoms with Gasteiger partial charge in [-0.15, -0.1) is 0 Å². The number of aromatic nitrogens is 3. The minimum atomic E-state index is 0.0177. The Labute approximate surface area is 103 Å². The molecule has 0 saturated carbocycles. The minimum absolute atomic E-state index is 0.0177. The van der Waals surface area contributed by atoms with E-state index in [0.717, 1.165) is 11.2 Å². The lowest BCUT2D eigenvalue weighted by Gasteiger charge is -2.19. The molecule has 0 aromatic carbocycles. The van der Waals surface area contributed by atoms with Crippen LogP contribution in [0.5, 0.6) is 0 Å². The molecule has 0 bridgehead atoms. The van der Waals surface area contributed by atoms with E-state index in [1.807, 2.05) is 6.20 Å². The average molecular weight is 231 g/mol. The Morgan fingerprint density at radius 3 is 2.18 bits per heavy atom. The highest BCUT2D eigenvalue weighted by molar-refractivity contribution is 5.84. The molecule has 0 radical (unpaired) electrons. The summed E-state index contributed by atoms with van der Waals surface area (Å²) < 4.78 is 0. The summed E-state index contributed by atoms with van der Waals surface area (Å²) in [5, 5.41) is 8.83. The molecule has 2 rings (SSSR count). The first-order valence-electron chi connectivity index (χ1n) is 6.05. The van der Waals surface area contributed by atoms with Gasteiger partial charge in [0.15, 0.2) is 0 Å². The molecule has 2 aromatic rings. The van der Waals surface area contributed by atoms with Gasteiger partial charge in [-0.3, -0.25) is 10.1 Å². The summed E-state index contributed by atoms with van der Waals surface area (Å²) in [6.07, 6.45) is 1.88. The number of hydrogen-bond donors (Lipinski definition) is 1. The number of nitrogens with zero attached hydrogens (tertiary/aromatic N) is 2. The van der Waals surface area contributed by atoms with Crippen LogP contribution in [-0.2, 0) is 10.8 Å². The van der Waals surface area contributed by atoms with E-state index in [0.29, 0.717) is 0 Å². The number of pyridine rings is 1. The Bertz CT molecular complexity index is 539. The van der Waals surface area contributed by atoms with Crippen molar-refractivity contribution < 1.29 is 0 Å². The highest BCUT2D eigenvalue weighted by Crippen LogP contribution is 2.32. The topological polar surface area (TPSA) is 41.6 Å². The highest BCUT2D eigenvalue weighted by atomic mass is 15.1. The van der Waals surface area contributed by atoms with E-state index >= 15 is 0 Å². The fourth-order valence-electron chi connectivity index (χ4n) is 2.06. The molecule has 2 heterocycles. The van der Waals surface area contributed by atoms with E-state index < -0.39 is 0 Å². The van der Waals surface area contributed by atoms with Crippen LogP contribution in [0.1, 0.15) is 52.9 Å². The quantitative estimate of drug-likeness (QED) is 0.753. The fraction of sp³-hybridized carbons (Fsp3) is 0.571. The Morgan fingerprint density at radius 1 is 1.00 bits per heavy atom. The first kappa shape index (κ1) is 12.1. The number of H-pyrrole nitrogens is 1. The number of hydrogen-bond acceptors (Lipinski definition) is 2. The Kier molecular flexibility index (Phi) is 2.53. The Hall–Kier alpha value is -1.38. The van der Waals surface area contributed by atoms with Crippen LogP contribution in [0, 0.1) is 0 Å². The van der Waals surface area contributed by atoms with Gasteiger partial charge in [-0.05, 0) is 6.07 Å². The molecule has 92 valence electrons. The van der Waals surface area contributed by atoms with Crippen molar-refractivity contribution in [2.45, 2.75) is 52.4 Å². The van der Waals surface area contributed by atoms with Crippen molar-refractivity contribution in [1.29, 1.82) is 0 Å². The van der Waals surface area contributed by atoms with Gasteiger partial charge in [-0.25, -0.2) is 0 Å². The normalized spacial score (nSPS) is 13.3. The van der Waals surface area contributed by atoms with E-state index in [1.54, 1.807) is 0 Å². The van der Waals surface area contributed by atoms with Crippen molar-refractivity contribution >= 4 is 10.9 Å². The lowest BCUT2D eigenvalue weighted by molar-refractivity contribution is 0.571. The first-order valence-corrected chi connectivity index (χ1v) is 6.05. The molecule has 0 spiro atoms. The molecule has 0 saturated heterocycles. The predicted octanol–water partition coefficient (Wildman–Crippen LogP) is 3.55. The molecule has 0 aliphatic heterocycles. The summed E-state index contributed by atoms with van der Waals surface area (Å²) in [4.78, 5) is 4.49. The second-order valence-electron chi connectivity index (χ2n) is 6.65. The van der Waals surface area contributed by atoms with E-state index in [9.17, 15) is 0 Å². The summed E-state index contributed by atoms with van der Waals surface area (Å²) in [7, 11) is 0. The van der Waals surface area contributed by atoms with Crippen LogP contribution in [0.2, 0.25) is 0 Å². The monoisotopic (exact) mass is 231 g/mol. The van der Waals surface area contributed by atoms with Gasteiger partial charge < -0.3 is 0 Å². The van der Waals surface area contributed by atoms with Gasteiger partial charge in [0.1, 0.15) is 5.52 Å². The maximum atomic E-state index is 4.49. The van der Waals surface area contributed by atoms with Gasteiger partial charge >= 0.3 is 0 Å². The molecular formula is C14H21N3. The molecule has 1 N–H and O–H groups in total. The third kappa shape index (κ3) is 2.06. The average Bonchev–Trinajstić information content (AvgIpc) is 2.57. The van der Waals surface area contributed by atoms with Crippen molar-refractivity contribution in [3.63, 3.8) is 0 Å². The Balaban J connectivity index is 2.74. The molecule has 0 unspecified atom stereocenters. The maximum Gasteiger partial charge on any atom is 0.114 e. The summed E-state index contributed by atoms with van der Waals surface area (Å²) in [5.74, 6) is 0. The molecule has 0 aliphatic carbocycles. The second kappa shape index (κ2) is 3.56. The predicted molar refractivity (Wildman–Crippen MR) is 71.3 cm³/mol. The molecule has 3 heteroatoms. The zero-order chi connectivity index (χ0) is 12.8. The SMILES string of the molecule is CC(C)(C)c1[nH]nc2c(C(C)(C)C)nccc12. The number of nitrogens with one attached hydrogen (secondary N) is 1. The summed E-state index contributed by atoms with van der Waals surface area (Å²) in [6, 6.07) is 2.05. The van der Waals surface area contributed by atoms with Crippen LogP contribution < -0.4 is 0 Å². The summed E-state index contributed by atoms with van der Waals surface area (Å²) in [6.45, 7) is 13.1. The standard InChI is InChI=1S/C14H21N3/c1-13(2,3)11-9-7-8-15-12(14(4,5)6)10(9)16-17-11/h7-8H,1-6H3,(H,16,17). The van der Waals surface area contributed by atoms with Crippen LogP contribution in [0.3, 0.4) is 0 Å². The van der Waals surface area contributed by atoms with E-state index in [2.05, 4.69) is 62.8 Å². The number of rotatable bonds is 0. The lowest BCUT2D eigenvalue weighted by Crippen LogP contribution is -2.14. The largest absolute Gasteiger partial charge is 0.281 e. The van der Waals surface area contributed by atoms with E-state index in [1.165, 1.54) is 11.1 Å². The van der Waals surface area contributed by atoms with Crippen LogP contribution >= 0.6 is 0 Å². The summed E-state index contributed by atoms with van der Waals surface area (Å²) in [5.41, 5.74) is 3.34. The third-order valence-electron chi connectivity index (χ3n) is 2.93. The number of fused-ring (bicyclic) bond motifs is 1. The van der Waals surface area contributed by atoms with Crippen molar-refractivity contribution in [3.8, 4) is 0 Å². The molecule has 0 atom stereocenters. The second-order valence-corrected chi connectivity index (χ2v) is 6.65. The van der Waals surface area contributed by atoms with Crippen molar-refractivity contribution in [2.24, 2.45) is 0 Å². The molecule has 17 heavy (non-hydrogen) atoms. The molecule has 0 amide bonds. The van der Waals surface area contributed by atoms with Crippen LogP contribution in [-0.4, -0.2) is 15.2 Å².